The molecule has 1 aliphatic rings. The number of rotatable bonds is 2. The molecule has 0 radical (unpaired) electrons. The molecular formula is C15H9BrN2O2. The van der Waals surface area contributed by atoms with Crippen LogP contribution in [-0.4, -0.2) is 16.9 Å². The number of hydrogen-bond acceptors (Lipinski definition) is 4. The lowest BCUT2D eigenvalue weighted by Gasteiger charge is -1.96. The summed E-state index contributed by atoms with van der Waals surface area (Å²) in [6.45, 7) is 0. The Morgan fingerprint density at radius 1 is 1.05 bits per heavy atom. The molecule has 1 aromatic heterocycles. The Morgan fingerprint density at radius 2 is 1.75 bits per heavy atom. The summed E-state index contributed by atoms with van der Waals surface area (Å²) < 4.78 is 6.14. The number of pyridine rings is 1. The molecule has 1 aromatic carbocycles. The number of aromatic nitrogens is 1. The van der Waals surface area contributed by atoms with Crippen LogP contribution in [0.1, 0.15) is 11.1 Å². The van der Waals surface area contributed by atoms with E-state index in [0.29, 0.717) is 11.6 Å². The smallest absolute Gasteiger partial charge is 0.363 e. The third-order valence-electron chi connectivity index (χ3n) is 2.72. The van der Waals surface area contributed by atoms with Gasteiger partial charge in [0.25, 0.3) is 0 Å². The van der Waals surface area contributed by atoms with Crippen molar-refractivity contribution < 1.29 is 9.53 Å². The molecule has 0 aliphatic carbocycles. The number of nitrogens with zero attached hydrogens (tertiary/aromatic N) is 2. The van der Waals surface area contributed by atoms with Gasteiger partial charge in [-0.3, -0.25) is 4.98 Å². The molecular weight excluding hydrogens is 320 g/mol. The highest BCUT2D eigenvalue weighted by molar-refractivity contribution is 9.10. The quantitative estimate of drug-likeness (QED) is 0.628. The lowest BCUT2D eigenvalue weighted by molar-refractivity contribution is -0.129. The minimum Gasteiger partial charge on any atom is -0.402 e. The second-order valence-electron chi connectivity index (χ2n) is 4.12. The molecule has 0 amide bonds. The van der Waals surface area contributed by atoms with Crippen molar-refractivity contribution in [2.24, 2.45) is 4.99 Å². The van der Waals surface area contributed by atoms with Gasteiger partial charge in [-0.2, -0.15) is 0 Å². The number of cyclic esters (lactones) is 1. The molecule has 0 N–H and O–H groups in total. The molecule has 0 bridgehead atoms. The number of esters is 1. The monoisotopic (exact) mass is 328 g/mol. The van der Waals surface area contributed by atoms with Gasteiger partial charge in [0.05, 0.1) is 0 Å². The Balaban J connectivity index is 1.92. The summed E-state index contributed by atoms with van der Waals surface area (Å²) in [6.07, 6.45) is 4.95. The van der Waals surface area contributed by atoms with Crippen LogP contribution in [0.4, 0.5) is 0 Å². The number of carbonyl (C=O) groups is 1. The summed E-state index contributed by atoms with van der Waals surface area (Å²) in [4.78, 5) is 19.9. The summed E-state index contributed by atoms with van der Waals surface area (Å²) in [5, 5.41) is 0. The van der Waals surface area contributed by atoms with Gasteiger partial charge in [0, 0.05) is 22.4 Å². The van der Waals surface area contributed by atoms with Crippen molar-refractivity contribution in [1.29, 1.82) is 0 Å². The molecule has 5 heteroatoms. The largest absolute Gasteiger partial charge is 0.402 e. The van der Waals surface area contributed by atoms with Crippen LogP contribution in [0.25, 0.3) is 6.08 Å². The zero-order chi connectivity index (χ0) is 13.9. The van der Waals surface area contributed by atoms with Crippen LogP contribution in [0.2, 0.25) is 0 Å². The first-order valence-corrected chi connectivity index (χ1v) is 6.70. The van der Waals surface area contributed by atoms with Crippen molar-refractivity contribution in [2.75, 3.05) is 0 Å². The third kappa shape index (κ3) is 2.67. The average Bonchev–Trinajstić information content (AvgIpc) is 2.84. The van der Waals surface area contributed by atoms with E-state index in [1.165, 1.54) is 0 Å². The fraction of sp³-hybridized carbons (Fsp3) is 0. The highest BCUT2D eigenvalue weighted by Gasteiger charge is 2.23. The molecule has 0 atom stereocenters. The molecule has 20 heavy (non-hydrogen) atoms. The Labute approximate surface area is 124 Å². The zero-order valence-corrected chi connectivity index (χ0v) is 11.9. The number of benzene rings is 1. The van der Waals surface area contributed by atoms with Crippen molar-refractivity contribution in [3.63, 3.8) is 0 Å². The zero-order valence-electron chi connectivity index (χ0n) is 10.3. The number of aliphatic imine (C=N–C) groups is 1. The molecule has 0 saturated heterocycles. The molecule has 1 aliphatic heterocycles. The predicted molar refractivity (Wildman–Crippen MR) is 79.0 cm³/mol. The van der Waals surface area contributed by atoms with E-state index in [4.69, 9.17) is 4.74 Å². The molecule has 0 spiro atoms. The van der Waals surface area contributed by atoms with Gasteiger partial charge in [-0.15, -0.1) is 0 Å². The van der Waals surface area contributed by atoms with E-state index in [0.717, 1.165) is 15.6 Å². The molecule has 0 unspecified atom stereocenters. The van der Waals surface area contributed by atoms with Gasteiger partial charge < -0.3 is 4.74 Å². The number of halogens is 1. The van der Waals surface area contributed by atoms with Crippen LogP contribution in [0.5, 0.6) is 0 Å². The van der Waals surface area contributed by atoms with E-state index in [9.17, 15) is 4.79 Å². The molecule has 0 fully saturated rings. The highest BCUT2D eigenvalue weighted by atomic mass is 79.9. The maximum atomic E-state index is 11.8. The van der Waals surface area contributed by atoms with Crippen LogP contribution in [0.3, 0.4) is 0 Å². The SMILES string of the molecule is O=C1OC(c2ccncc2)=N/C1=C\c1ccc(Br)cc1. The Bertz CT molecular complexity index is 706. The van der Waals surface area contributed by atoms with Crippen LogP contribution in [0.15, 0.2) is 64.0 Å². The van der Waals surface area contributed by atoms with Gasteiger partial charge in [0.1, 0.15) is 0 Å². The highest BCUT2D eigenvalue weighted by Crippen LogP contribution is 2.19. The van der Waals surface area contributed by atoms with Crippen molar-refractivity contribution in [3.05, 3.63) is 70.1 Å². The van der Waals surface area contributed by atoms with E-state index in [-0.39, 0.29) is 0 Å². The Kier molecular flexibility index (Phi) is 3.43. The normalized spacial score (nSPS) is 16.1. The second-order valence-corrected chi connectivity index (χ2v) is 5.04. The minimum atomic E-state index is -0.445. The van der Waals surface area contributed by atoms with E-state index in [1.807, 2.05) is 24.3 Å². The Morgan fingerprint density at radius 3 is 2.45 bits per heavy atom. The van der Waals surface area contributed by atoms with Crippen molar-refractivity contribution in [1.82, 2.24) is 4.98 Å². The van der Waals surface area contributed by atoms with E-state index < -0.39 is 5.97 Å². The first-order valence-electron chi connectivity index (χ1n) is 5.91. The fourth-order valence-electron chi connectivity index (χ4n) is 1.74. The number of carbonyl (C=O) groups excluding carboxylic acids is 1. The fourth-order valence-corrected chi connectivity index (χ4v) is 2.01. The molecule has 3 rings (SSSR count). The van der Waals surface area contributed by atoms with Gasteiger partial charge in [-0.05, 0) is 35.9 Å². The van der Waals surface area contributed by atoms with Crippen LogP contribution < -0.4 is 0 Å². The van der Waals surface area contributed by atoms with Crippen molar-refractivity contribution in [2.45, 2.75) is 0 Å². The van der Waals surface area contributed by atoms with Gasteiger partial charge in [-0.25, -0.2) is 9.79 Å². The molecule has 4 nitrogen and oxygen atoms in total. The maximum absolute atomic E-state index is 11.8. The van der Waals surface area contributed by atoms with E-state index >= 15 is 0 Å². The summed E-state index contributed by atoms with van der Waals surface area (Å²) in [6, 6.07) is 11.1. The minimum absolute atomic E-state index is 0.291. The Hall–Kier alpha value is -2.27. The number of ether oxygens (including phenoxy) is 1. The lowest BCUT2D eigenvalue weighted by atomic mass is 10.2. The molecule has 2 aromatic rings. The summed E-state index contributed by atoms with van der Waals surface area (Å²) in [7, 11) is 0. The van der Waals surface area contributed by atoms with Gasteiger partial charge in [0.15, 0.2) is 5.70 Å². The van der Waals surface area contributed by atoms with Crippen LogP contribution in [-0.2, 0) is 9.53 Å². The van der Waals surface area contributed by atoms with Gasteiger partial charge in [0.2, 0.25) is 5.90 Å². The summed E-state index contributed by atoms with van der Waals surface area (Å²) >= 11 is 3.36. The molecule has 0 saturated carbocycles. The lowest BCUT2D eigenvalue weighted by Crippen LogP contribution is -2.05. The number of hydrogen-bond donors (Lipinski definition) is 0. The first kappa shape index (κ1) is 12.7. The standard InChI is InChI=1S/C15H9BrN2O2/c16-12-3-1-10(2-4-12)9-13-15(19)20-14(18-13)11-5-7-17-8-6-11/h1-9H/b13-9-. The molecule has 98 valence electrons. The van der Waals surface area contributed by atoms with Crippen LogP contribution in [0, 0.1) is 0 Å². The topological polar surface area (TPSA) is 51.5 Å². The van der Waals surface area contributed by atoms with Crippen LogP contribution >= 0.6 is 15.9 Å². The summed E-state index contributed by atoms with van der Waals surface area (Å²) in [5.74, 6) is -0.138. The predicted octanol–water partition coefficient (Wildman–Crippen LogP) is 3.19. The van der Waals surface area contributed by atoms with Gasteiger partial charge >= 0.3 is 5.97 Å². The van der Waals surface area contributed by atoms with E-state index in [1.54, 1.807) is 30.6 Å². The second kappa shape index (κ2) is 5.38. The summed E-state index contributed by atoms with van der Waals surface area (Å²) in [5.41, 5.74) is 1.91. The van der Waals surface area contributed by atoms with Crippen molar-refractivity contribution >= 4 is 33.9 Å². The van der Waals surface area contributed by atoms with E-state index in [2.05, 4.69) is 25.9 Å². The van der Waals surface area contributed by atoms with Gasteiger partial charge in [-0.1, -0.05) is 28.1 Å². The third-order valence-corrected chi connectivity index (χ3v) is 3.25. The van der Waals surface area contributed by atoms with Crippen molar-refractivity contribution in [3.8, 4) is 0 Å². The molecule has 2 heterocycles. The first-order chi connectivity index (χ1) is 9.72. The average molecular weight is 329 g/mol. The maximum Gasteiger partial charge on any atom is 0.363 e.